The Balaban J connectivity index is 1.66. The number of fused-ring (bicyclic) bond motifs is 1. The quantitative estimate of drug-likeness (QED) is 0.228. The first-order chi connectivity index (χ1) is 18.5. The van der Waals surface area contributed by atoms with Gasteiger partial charge in [0.25, 0.3) is 5.78 Å². The zero-order valence-electron chi connectivity index (χ0n) is 20.3. The van der Waals surface area contributed by atoms with Gasteiger partial charge in [-0.2, -0.15) is 0 Å². The molecular weight excluding hydrogens is 537 g/mol. The average Bonchev–Trinajstić information content (AvgIpc) is 3.42. The number of halogens is 3. The predicted octanol–water partition coefficient (Wildman–Crippen LogP) is 4.74. The Labute approximate surface area is 221 Å². The summed E-state index contributed by atoms with van der Waals surface area (Å²) in [4.78, 5) is 43.8. The Kier molecular flexibility index (Phi) is 6.30. The van der Waals surface area contributed by atoms with Gasteiger partial charge in [-0.3, -0.25) is 14.1 Å². The minimum atomic E-state index is -4.88. The Hall–Kier alpha value is -4.78. The molecule has 0 radical (unpaired) electrons. The van der Waals surface area contributed by atoms with Gasteiger partial charge in [-0.05, 0) is 41.5 Å². The molecule has 3 N–H and O–H groups in total. The lowest BCUT2D eigenvalue weighted by molar-refractivity contribution is -0.672. The highest BCUT2D eigenvalue weighted by atomic mass is 32.1. The fourth-order valence-electron chi connectivity index (χ4n) is 4.31. The van der Waals surface area contributed by atoms with Gasteiger partial charge in [0.15, 0.2) is 5.78 Å². The van der Waals surface area contributed by atoms with E-state index in [2.05, 4.69) is 15.0 Å². The third kappa shape index (κ3) is 4.68. The average molecular weight is 556 g/mol. The standard InChI is InChI=1S/C26H17F3N4O5S/c1-12-17(13(2)34)18(14-6-4-3-5-7-14)19-20(30)23(39-24(19)31-12)22(35)21-25(36)38-32-33(21)15-8-10-16(11-9-15)37-26(27,28)29/h3-11H,1-2H3,(H2-,30,32,35,36)/p+1. The monoisotopic (exact) mass is 555 g/mol. The maximum Gasteiger partial charge on any atom is 0.573 e. The number of ether oxygens (including phenoxy) is 1. The molecule has 3 aromatic heterocycles. The van der Waals surface area contributed by atoms with Crippen molar-refractivity contribution in [2.75, 3.05) is 5.73 Å². The number of aromatic amines is 1. The van der Waals surface area contributed by atoms with Crippen LogP contribution in [0.2, 0.25) is 0 Å². The molecule has 13 heteroatoms. The first-order valence-electron chi connectivity index (χ1n) is 11.3. The van der Waals surface area contributed by atoms with E-state index in [0.29, 0.717) is 32.6 Å². The number of nitrogen functional groups attached to an aromatic ring is 1. The number of aromatic nitrogens is 3. The molecule has 198 valence electrons. The van der Waals surface area contributed by atoms with Crippen molar-refractivity contribution in [1.29, 1.82) is 0 Å². The van der Waals surface area contributed by atoms with Crippen molar-refractivity contribution in [2.45, 2.75) is 20.2 Å². The summed E-state index contributed by atoms with van der Waals surface area (Å²) in [6, 6.07) is 13.5. The molecule has 0 bridgehead atoms. The molecule has 0 aliphatic heterocycles. The first-order valence-corrected chi connectivity index (χ1v) is 12.1. The minimum Gasteiger partial charge on any atom is -0.406 e. The van der Waals surface area contributed by atoms with E-state index < -0.39 is 29.2 Å². The van der Waals surface area contributed by atoms with Crippen molar-refractivity contribution in [1.82, 2.24) is 10.3 Å². The molecule has 0 amide bonds. The summed E-state index contributed by atoms with van der Waals surface area (Å²) in [7, 11) is 0. The van der Waals surface area contributed by atoms with E-state index >= 15 is 0 Å². The summed E-state index contributed by atoms with van der Waals surface area (Å²) in [5.41, 5.74) is 7.16. The maximum atomic E-state index is 13.7. The summed E-state index contributed by atoms with van der Waals surface area (Å²) in [5, 5.41) is 2.68. The molecule has 0 saturated carbocycles. The van der Waals surface area contributed by atoms with Gasteiger partial charge >= 0.3 is 17.7 Å². The molecule has 0 aliphatic carbocycles. The number of aryl methyl sites for hydroxylation is 1. The van der Waals surface area contributed by atoms with E-state index in [0.717, 1.165) is 28.2 Å². The van der Waals surface area contributed by atoms with Crippen molar-refractivity contribution in [3.05, 3.63) is 86.8 Å². The summed E-state index contributed by atoms with van der Waals surface area (Å²) >= 11 is 0.945. The van der Waals surface area contributed by atoms with Crippen LogP contribution < -0.4 is 20.8 Å². The molecule has 0 atom stereocenters. The summed E-state index contributed by atoms with van der Waals surface area (Å²) in [5.74, 6) is -1.53. The fraction of sp³-hybridized carbons (Fsp3) is 0.115. The number of pyridine rings is 1. The number of nitrogens with two attached hydrogens (primary N) is 1. The van der Waals surface area contributed by atoms with Crippen molar-refractivity contribution in [3.8, 4) is 22.6 Å². The third-order valence-corrected chi connectivity index (χ3v) is 6.97. The molecular formula is C26H18F3N4O5S+. The Bertz CT molecular complexity index is 1810. The fourth-order valence-corrected chi connectivity index (χ4v) is 5.40. The molecule has 5 rings (SSSR count). The van der Waals surface area contributed by atoms with Crippen molar-refractivity contribution in [3.63, 3.8) is 0 Å². The van der Waals surface area contributed by atoms with Crippen LogP contribution in [0.25, 0.3) is 27.0 Å². The number of hydrogen-bond acceptors (Lipinski definition) is 8. The largest absolute Gasteiger partial charge is 0.573 e. The molecule has 0 unspecified atom stereocenters. The van der Waals surface area contributed by atoms with Gasteiger partial charge in [-0.15, -0.1) is 24.5 Å². The van der Waals surface area contributed by atoms with E-state index in [1.807, 2.05) is 6.07 Å². The molecule has 5 aromatic rings. The number of thiophene rings is 1. The minimum absolute atomic E-state index is 0.0209. The SMILES string of the molecule is CC(=O)c1c(C)nc2sc(C(=O)c3c(=O)o[nH][n+]3-c3ccc(OC(F)(F)F)cc3)c(N)c2c1-c1ccccc1. The zero-order chi connectivity index (χ0) is 28.1. The molecule has 0 saturated heterocycles. The summed E-state index contributed by atoms with van der Waals surface area (Å²) in [6.45, 7) is 3.09. The molecule has 9 nitrogen and oxygen atoms in total. The van der Waals surface area contributed by atoms with Gasteiger partial charge in [0.2, 0.25) is 5.69 Å². The Morgan fingerprint density at radius 3 is 2.38 bits per heavy atom. The molecule has 39 heavy (non-hydrogen) atoms. The molecule has 2 aromatic carbocycles. The van der Waals surface area contributed by atoms with Crippen LogP contribution in [0.1, 0.15) is 38.3 Å². The second-order valence-corrected chi connectivity index (χ2v) is 9.43. The van der Waals surface area contributed by atoms with Gasteiger partial charge < -0.3 is 10.5 Å². The second kappa shape index (κ2) is 9.51. The van der Waals surface area contributed by atoms with E-state index in [1.54, 1.807) is 31.2 Å². The van der Waals surface area contributed by atoms with Crippen LogP contribution in [0.3, 0.4) is 0 Å². The highest BCUT2D eigenvalue weighted by Crippen LogP contribution is 2.42. The lowest BCUT2D eigenvalue weighted by atomic mass is 9.93. The normalized spacial score (nSPS) is 11.6. The van der Waals surface area contributed by atoms with Crippen LogP contribution in [-0.2, 0) is 0 Å². The maximum absolute atomic E-state index is 13.7. The van der Waals surface area contributed by atoms with Crippen LogP contribution in [0, 0.1) is 6.92 Å². The van der Waals surface area contributed by atoms with Gasteiger partial charge in [0.1, 0.15) is 15.5 Å². The molecule has 3 heterocycles. The number of hydrogen-bond donors (Lipinski definition) is 2. The van der Waals surface area contributed by atoms with Crippen LogP contribution in [0.5, 0.6) is 5.75 Å². The van der Waals surface area contributed by atoms with Gasteiger partial charge in [0.05, 0.1) is 11.4 Å². The first kappa shape index (κ1) is 25.9. The molecule has 0 spiro atoms. The molecule has 0 aliphatic rings. The van der Waals surface area contributed by atoms with E-state index in [4.69, 9.17) is 10.3 Å². The third-order valence-electron chi connectivity index (χ3n) is 5.87. The van der Waals surface area contributed by atoms with Gasteiger partial charge in [-0.25, -0.2) is 9.78 Å². The van der Waals surface area contributed by atoms with Gasteiger partial charge in [-0.1, -0.05) is 30.3 Å². The number of nitrogens with one attached hydrogen (secondary N) is 1. The predicted molar refractivity (Wildman–Crippen MR) is 135 cm³/mol. The van der Waals surface area contributed by atoms with Crippen LogP contribution >= 0.6 is 11.3 Å². The van der Waals surface area contributed by atoms with Crippen LogP contribution in [-0.4, -0.2) is 28.2 Å². The summed E-state index contributed by atoms with van der Waals surface area (Å²) < 4.78 is 47.2. The Morgan fingerprint density at radius 1 is 1.10 bits per heavy atom. The number of alkyl halides is 3. The molecule has 0 fully saturated rings. The lowest BCUT2D eigenvalue weighted by Crippen LogP contribution is -2.41. The van der Waals surface area contributed by atoms with E-state index in [9.17, 15) is 27.6 Å². The van der Waals surface area contributed by atoms with Crippen LogP contribution in [0.4, 0.5) is 18.9 Å². The second-order valence-electron chi connectivity index (χ2n) is 8.43. The number of anilines is 1. The van der Waals surface area contributed by atoms with Crippen molar-refractivity contribution in [2.24, 2.45) is 0 Å². The van der Waals surface area contributed by atoms with E-state index in [1.165, 1.54) is 19.1 Å². The topological polar surface area (TPSA) is 132 Å². The number of nitrogens with zero attached hydrogens (tertiary/aromatic N) is 2. The zero-order valence-corrected chi connectivity index (χ0v) is 21.1. The van der Waals surface area contributed by atoms with Crippen molar-refractivity contribution < 1.29 is 36.7 Å². The number of ketones is 2. The lowest BCUT2D eigenvalue weighted by Gasteiger charge is -2.12. The smallest absolute Gasteiger partial charge is 0.406 e. The number of carbonyl (C=O) groups excluding carboxylic acids is 2. The van der Waals surface area contributed by atoms with Crippen molar-refractivity contribution >= 4 is 38.8 Å². The van der Waals surface area contributed by atoms with Crippen LogP contribution in [0.15, 0.2) is 63.9 Å². The number of Topliss-reactive ketones (excluding diaryl/α,β-unsaturated/α-hetero) is 1. The number of benzene rings is 2. The number of carbonyl (C=O) groups is 2. The number of rotatable bonds is 6. The highest BCUT2D eigenvalue weighted by Gasteiger charge is 2.36. The highest BCUT2D eigenvalue weighted by molar-refractivity contribution is 7.21. The van der Waals surface area contributed by atoms with Gasteiger partial charge in [0, 0.05) is 28.6 Å². The number of H-pyrrole nitrogens is 1. The Morgan fingerprint density at radius 2 is 1.77 bits per heavy atom. The summed E-state index contributed by atoms with van der Waals surface area (Å²) in [6.07, 6.45) is -4.88. The van der Waals surface area contributed by atoms with E-state index in [-0.39, 0.29) is 22.0 Å².